The fourth-order valence-corrected chi connectivity index (χ4v) is 3.15. The third kappa shape index (κ3) is 6.77. The van der Waals surface area contributed by atoms with Gasteiger partial charge in [-0.3, -0.25) is 0 Å². The fraction of sp³-hybridized carbons (Fsp3) is 0.421. The van der Waals surface area contributed by atoms with E-state index in [-0.39, 0.29) is 24.0 Å². The maximum absolute atomic E-state index is 10.6. The maximum atomic E-state index is 10.6. The average molecular weight is 489 g/mol. The second-order valence-corrected chi connectivity index (χ2v) is 6.66. The van der Waals surface area contributed by atoms with Crippen molar-refractivity contribution in [1.82, 2.24) is 10.6 Å². The minimum absolute atomic E-state index is 0. The Morgan fingerprint density at radius 2 is 2.00 bits per heavy atom. The number of nitrogens with zero attached hydrogens (tertiary/aromatic N) is 1. The predicted molar refractivity (Wildman–Crippen MR) is 120 cm³/mol. The molecule has 26 heavy (non-hydrogen) atoms. The Kier molecular flexibility index (Phi) is 9.97. The van der Waals surface area contributed by atoms with E-state index in [2.05, 4.69) is 15.6 Å². The van der Waals surface area contributed by atoms with Crippen molar-refractivity contribution in [3.05, 3.63) is 52.2 Å². The Morgan fingerprint density at radius 3 is 2.65 bits per heavy atom. The molecule has 3 N–H and O–H groups in total. The molecule has 7 heteroatoms. The smallest absolute Gasteiger partial charge is 0.191 e. The lowest BCUT2D eigenvalue weighted by Crippen LogP contribution is -2.44. The number of rotatable bonds is 8. The molecule has 0 saturated carbocycles. The summed E-state index contributed by atoms with van der Waals surface area (Å²) < 4.78 is 5.64. The molecule has 2 aromatic rings. The molecule has 0 bridgehead atoms. The lowest BCUT2D eigenvalue weighted by molar-refractivity contribution is 0.0621. The van der Waals surface area contributed by atoms with E-state index in [1.165, 1.54) is 0 Å². The summed E-state index contributed by atoms with van der Waals surface area (Å²) in [5.74, 6) is 1.53. The first-order chi connectivity index (χ1) is 12.1. The zero-order chi connectivity index (χ0) is 18.1. The van der Waals surface area contributed by atoms with Gasteiger partial charge < -0.3 is 20.5 Å². The summed E-state index contributed by atoms with van der Waals surface area (Å²) in [6.07, 6.45) is 0. The largest absolute Gasteiger partial charge is 0.494 e. The van der Waals surface area contributed by atoms with E-state index in [0.717, 1.165) is 23.4 Å². The molecule has 2 rings (SSSR count). The van der Waals surface area contributed by atoms with Gasteiger partial charge in [-0.05, 0) is 49.2 Å². The normalized spacial score (nSPS) is 13.5. The van der Waals surface area contributed by atoms with Gasteiger partial charge >= 0.3 is 0 Å². The molecule has 1 atom stereocenters. The summed E-state index contributed by atoms with van der Waals surface area (Å²) in [7, 11) is 0. The fourth-order valence-electron chi connectivity index (χ4n) is 2.37. The number of guanidine groups is 1. The highest BCUT2D eigenvalue weighted by Crippen LogP contribution is 2.22. The lowest BCUT2D eigenvalue weighted by atomic mass is 9.99. The van der Waals surface area contributed by atoms with Crippen LogP contribution < -0.4 is 15.4 Å². The Bertz CT molecular complexity index is 675. The minimum Gasteiger partial charge on any atom is -0.494 e. The van der Waals surface area contributed by atoms with Crippen molar-refractivity contribution in [1.29, 1.82) is 0 Å². The van der Waals surface area contributed by atoms with Crippen molar-refractivity contribution < 1.29 is 9.84 Å². The first-order valence-electron chi connectivity index (χ1n) is 8.54. The molecule has 0 aliphatic heterocycles. The maximum Gasteiger partial charge on any atom is 0.191 e. The molecular weight excluding hydrogens is 461 g/mol. The van der Waals surface area contributed by atoms with E-state index < -0.39 is 5.60 Å². The van der Waals surface area contributed by atoms with Gasteiger partial charge in [0.2, 0.25) is 0 Å². The Labute approximate surface area is 176 Å². The average Bonchev–Trinajstić information content (AvgIpc) is 3.14. The number of halogens is 1. The van der Waals surface area contributed by atoms with Crippen molar-refractivity contribution in [2.75, 3.05) is 19.7 Å². The molecule has 0 radical (unpaired) electrons. The van der Waals surface area contributed by atoms with Gasteiger partial charge in [0.05, 0.1) is 19.7 Å². The number of thiophene rings is 1. The van der Waals surface area contributed by atoms with Gasteiger partial charge in [0, 0.05) is 12.1 Å². The summed E-state index contributed by atoms with van der Waals surface area (Å²) in [5.41, 5.74) is 0.994. The van der Waals surface area contributed by atoms with Crippen LogP contribution in [0.4, 0.5) is 0 Å². The van der Waals surface area contributed by atoms with Gasteiger partial charge in [0.25, 0.3) is 0 Å². The Morgan fingerprint density at radius 1 is 1.23 bits per heavy atom. The number of nitrogens with one attached hydrogen (secondary N) is 2. The van der Waals surface area contributed by atoms with Crippen LogP contribution in [0.25, 0.3) is 0 Å². The highest BCUT2D eigenvalue weighted by atomic mass is 127. The van der Waals surface area contributed by atoms with E-state index in [4.69, 9.17) is 4.74 Å². The van der Waals surface area contributed by atoms with E-state index >= 15 is 0 Å². The van der Waals surface area contributed by atoms with Crippen molar-refractivity contribution in [3.63, 3.8) is 0 Å². The van der Waals surface area contributed by atoms with Crippen LogP contribution in [0, 0.1) is 0 Å². The molecule has 1 aromatic heterocycles. The van der Waals surface area contributed by atoms with Gasteiger partial charge in [-0.2, -0.15) is 11.3 Å². The van der Waals surface area contributed by atoms with Crippen molar-refractivity contribution in [2.45, 2.75) is 32.9 Å². The molecule has 0 amide bonds. The number of ether oxygens (including phenoxy) is 1. The van der Waals surface area contributed by atoms with Gasteiger partial charge in [0.1, 0.15) is 11.4 Å². The van der Waals surface area contributed by atoms with Crippen LogP contribution in [0.1, 0.15) is 31.9 Å². The molecule has 1 aromatic carbocycles. The van der Waals surface area contributed by atoms with Gasteiger partial charge in [0.15, 0.2) is 5.96 Å². The number of para-hydroxylation sites is 1. The van der Waals surface area contributed by atoms with Crippen LogP contribution in [-0.2, 0) is 12.1 Å². The highest BCUT2D eigenvalue weighted by molar-refractivity contribution is 14.0. The van der Waals surface area contributed by atoms with Gasteiger partial charge in [-0.25, -0.2) is 4.99 Å². The lowest BCUT2D eigenvalue weighted by Gasteiger charge is -2.24. The molecule has 0 saturated heterocycles. The van der Waals surface area contributed by atoms with E-state index in [1.54, 1.807) is 18.3 Å². The van der Waals surface area contributed by atoms with Crippen LogP contribution in [0.2, 0.25) is 0 Å². The summed E-state index contributed by atoms with van der Waals surface area (Å²) in [4.78, 5) is 4.62. The first-order valence-corrected chi connectivity index (χ1v) is 9.49. The number of aliphatic imine (C=N–C) groups is 1. The second kappa shape index (κ2) is 11.4. The van der Waals surface area contributed by atoms with Crippen molar-refractivity contribution in [2.24, 2.45) is 4.99 Å². The van der Waals surface area contributed by atoms with Crippen molar-refractivity contribution in [3.8, 4) is 5.75 Å². The predicted octanol–water partition coefficient (Wildman–Crippen LogP) is 3.73. The Balaban J connectivity index is 0.00000338. The monoisotopic (exact) mass is 489 g/mol. The van der Waals surface area contributed by atoms with Crippen molar-refractivity contribution >= 4 is 41.3 Å². The standard InChI is InChI=1S/C19H27N3O2S.HI/c1-4-20-18(22-14-19(3,23)16-10-11-25-13-16)21-12-15-8-6-7-9-17(15)24-5-2;/h6-11,13,23H,4-5,12,14H2,1-3H3,(H2,20,21,22);1H. The molecule has 144 valence electrons. The molecule has 1 unspecified atom stereocenters. The zero-order valence-electron chi connectivity index (χ0n) is 15.5. The molecular formula is C19H28IN3O2S. The van der Waals surface area contributed by atoms with E-state index in [1.807, 2.05) is 54.9 Å². The van der Waals surface area contributed by atoms with Crippen LogP contribution in [0.15, 0.2) is 46.1 Å². The third-order valence-corrected chi connectivity index (χ3v) is 4.45. The topological polar surface area (TPSA) is 65.9 Å². The summed E-state index contributed by atoms with van der Waals surface area (Å²) >= 11 is 1.58. The Hall–Kier alpha value is -1.32. The number of benzene rings is 1. The summed E-state index contributed by atoms with van der Waals surface area (Å²) in [6.45, 7) is 8.05. The SMILES string of the molecule is CCNC(=NCc1ccccc1OCC)NCC(C)(O)c1ccsc1.I. The van der Waals surface area contributed by atoms with Crippen LogP contribution in [0.5, 0.6) is 5.75 Å². The highest BCUT2D eigenvalue weighted by Gasteiger charge is 2.23. The van der Waals surface area contributed by atoms with E-state index in [9.17, 15) is 5.11 Å². The number of hydrogen-bond acceptors (Lipinski definition) is 4. The summed E-state index contributed by atoms with van der Waals surface area (Å²) in [5, 5.41) is 21.0. The van der Waals surface area contributed by atoms with Crippen LogP contribution in [0.3, 0.4) is 0 Å². The first kappa shape index (κ1) is 22.7. The molecule has 0 aliphatic carbocycles. The van der Waals surface area contributed by atoms with Gasteiger partial charge in [-0.15, -0.1) is 24.0 Å². The molecule has 5 nitrogen and oxygen atoms in total. The quantitative estimate of drug-likeness (QED) is 0.301. The molecule has 0 spiro atoms. The van der Waals surface area contributed by atoms with Crippen LogP contribution >= 0.6 is 35.3 Å². The minimum atomic E-state index is -0.945. The molecule has 0 fully saturated rings. The number of hydrogen-bond donors (Lipinski definition) is 3. The number of aliphatic hydroxyl groups is 1. The zero-order valence-corrected chi connectivity index (χ0v) is 18.6. The third-order valence-electron chi connectivity index (χ3n) is 3.77. The van der Waals surface area contributed by atoms with E-state index in [0.29, 0.717) is 25.7 Å². The van der Waals surface area contributed by atoms with Gasteiger partial charge in [-0.1, -0.05) is 18.2 Å². The summed E-state index contributed by atoms with van der Waals surface area (Å²) in [6, 6.07) is 9.85. The molecule has 0 aliphatic rings. The second-order valence-electron chi connectivity index (χ2n) is 5.88. The molecule has 1 heterocycles. The van der Waals surface area contributed by atoms with Crippen LogP contribution in [-0.4, -0.2) is 30.8 Å².